The zero-order valence-corrected chi connectivity index (χ0v) is 19.8. The van der Waals surface area contributed by atoms with Crippen LogP contribution in [0.2, 0.25) is 0 Å². The van der Waals surface area contributed by atoms with E-state index in [0.717, 1.165) is 0 Å². The first-order valence-corrected chi connectivity index (χ1v) is 11.2. The molecule has 0 bridgehead atoms. The molecule has 1 aliphatic rings. The lowest BCUT2D eigenvalue weighted by atomic mass is 10.0. The molecule has 0 saturated carbocycles. The molecule has 13 heteroatoms. The molecule has 0 unspecified atom stereocenters. The van der Waals surface area contributed by atoms with Crippen LogP contribution in [-0.4, -0.2) is 81.1 Å². The summed E-state index contributed by atoms with van der Waals surface area (Å²) >= 11 is 0. The number of amides is 2. The van der Waals surface area contributed by atoms with Crippen molar-refractivity contribution >= 4 is 34.9 Å². The van der Waals surface area contributed by atoms with Crippen LogP contribution in [0, 0.1) is 5.92 Å². The minimum absolute atomic E-state index is 0.0209. The van der Waals surface area contributed by atoms with Crippen LogP contribution in [0.25, 0.3) is 11.2 Å². The number of H-pyrrole nitrogens is 1. The average molecular weight is 478 g/mol. The number of esters is 1. The average Bonchev–Trinajstić information content (AvgIpc) is 3.41. The molecule has 13 nitrogen and oxygen atoms in total. The maximum absolute atomic E-state index is 13.0. The van der Waals surface area contributed by atoms with Crippen molar-refractivity contribution in [3.63, 3.8) is 0 Å². The molecule has 2 aromatic heterocycles. The van der Waals surface area contributed by atoms with Crippen LogP contribution in [0.5, 0.6) is 0 Å². The first-order chi connectivity index (χ1) is 16.2. The number of nitrogens with one attached hydrogen (secondary N) is 3. The molecule has 2 atom stereocenters. The number of anilines is 1. The molecular formula is C21H31N7O6. The zero-order chi connectivity index (χ0) is 24.8. The molecule has 0 aliphatic carbocycles. The van der Waals surface area contributed by atoms with E-state index in [1.165, 1.54) is 17.8 Å². The Labute approximate surface area is 196 Å². The van der Waals surface area contributed by atoms with Gasteiger partial charge in [-0.05, 0) is 25.8 Å². The Kier molecular flexibility index (Phi) is 8.34. The van der Waals surface area contributed by atoms with Crippen LogP contribution in [0.1, 0.15) is 33.6 Å². The van der Waals surface area contributed by atoms with Crippen molar-refractivity contribution in [2.45, 2.75) is 52.4 Å². The van der Waals surface area contributed by atoms with E-state index in [9.17, 15) is 19.2 Å². The second-order valence-corrected chi connectivity index (χ2v) is 8.37. The molecule has 2 amide bonds. The predicted octanol–water partition coefficient (Wildman–Crippen LogP) is -0.170. The Hall–Kier alpha value is -3.32. The van der Waals surface area contributed by atoms with Gasteiger partial charge in [0.2, 0.25) is 17.8 Å². The fraction of sp³-hybridized carbons (Fsp3) is 0.619. The molecule has 3 rings (SSSR count). The summed E-state index contributed by atoms with van der Waals surface area (Å²) in [6, 6.07) is -1.05. The van der Waals surface area contributed by atoms with Crippen molar-refractivity contribution in [2.75, 3.05) is 32.1 Å². The summed E-state index contributed by atoms with van der Waals surface area (Å²) in [5, 5.41) is 5.65. The smallest absolute Gasteiger partial charge is 0.302 e. The molecule has 0 radical (unpaired) electrons. The SMILES string of the molecule is CN[C@H](C(=O)N1CCC[C@H]1C(=O)Nc1nc2c(ncn2COCCOC(C)=O)c(=O)[nH]1)C(C)C. The van der Waals surface area contributed by atoms with E-state index in [0.29, 0.717) is 19.4 Å². The van der Waals surface area contributed by atoms with Gasteiger partial charge in [0.1, 0.15) is 19.4 Å². The molecule has 0 aromatic carbocycles. The van der Waals surface area contributed by atoms with Gasteiger partial charge in [-0.15, -0.1) is 0 Å². The fourth-order valence-electron chi connectivity index (χ4n) is 3.94. The quantitative estimate of drug-likeness (QED) is 0.312. The van der Waals surface area contributed by atoms with Crippen LogP contribution < -0.4 is 16.2 Å². The normalized spacial score (nSPS) is 16.7. The Morgan fingerprint density at radius 2 is 2.06 bits per heavy atom. The number of imidazole rings is 1. The highest BCUT2D eigenvalue weighted by atomic mass is 16.6. The van der Waals surface area contributed by atoms with Gasteiger partial charge in [0, 0.05) is 13.5 Å². The molecule has 3 heterocycles. The van der Waals surface area contributed by atoms with Gasteiger partial charge in [-0.1, -0.05) is 13.8 Å². The van der Waals surface area contributed by atoms with Crippen LogP contribution in [0.4, 0.5) is 5.95 Å². The number of carbonyl (C=O) groups excluding carboxylic acids is 3. The van der Waals surface area contributed by atoms with E-state index in [4.69, 9.17) is 9.47 Å². The van der Waals surface area contributed by atoms with Gasteiger partial charge in [0.15, 0.2) is 11.2 Å². The van der Waals surface area contributed by atoms with Crippen LogP contribution in [0.3, 0.4) is 0 Å². The standard InChI is InChI=1S/C21H31N7O6/c1-12(2)15(22-4)20(32)28-7-5-6-14(28)18(30)25-21-24-17-16(19(31)26-21)23-10-27(17)11-33-8-9-34-13(3)29/h10,12,14-15,22H,5-9,11H2,1-4H3,(H2,24,25,26,30,31)/t14-,15-/m0/s1. The Morgan fingerprint density at radius 1 is 1.29 bits per heavy atom. The maximum Gasteiger partial charge on any atom is 0.302 e. The van der Waals surface area contributed by atoms with Crippen LogP contribution in [-0.2, 0) is 30.6 Å². The maximum atomic E-state index is 13.0. The van der Waals surface area contributed by atoms with Gasteiger partial charge in [0.05, 0.1) is 19.0 Å². The molecule has 1 aliphatic heterocycles. The number of likely N-dealkylation sites (tertiary alicyclic amines) is 1. The largest absolute Gasteiger partial charge is 0.463 e. The number of fused-ring (bicyclic) bond motifs is 1. The second kappa shape index (κ2) is 11.2. The monoisotopic (exact) mass is 477 g/mol. The van der Waals surface area contributed by atoms with Gasteiger partial charge < -0.3 is 19.7 Å². The number of ether oxygens (including phenoxy) is 2. The van der Waals surface area contributed by atoms with E-state index in [-0.39, 0.29) is 48.9 Å². The number of aromatic amines is 1. The summed E-state index contributed by atoms with van der Waals surface area (Å²) < 4.78 is 11.7. The molecular weight excluding hydrogens is 446 g/mol. The third-order valence-electron chi connectivity index (χ3n) is 5.56. The van der Waals surface area contributed by atoms with E-state index in [1.807, 2.05) is 13.8 Å². The molecule has 2 aromatic rings. The van der Waals surface area contributed by atoms with Gasteiger partial charge >= 0.3 is 5.97 Å². The fourth-order valence-corrected chi connectivity index (χ4v) is 3.94. The second-order valence-electron chi connectivity index (χ2n) is 8.37. The third kappa shape index (κ3) is 5.78. The van der Waals surface area contributed by atoms with Gasteiger partial charge in [0.25, 0.3) is 5.56 Å². The highest BCUT2D eigenvalue weighted by Crippen LogP contribution is 2.21. The summed E-state index contributed by atoms with van der Waals surface area (Å²) in [5.41, 5.74) is -0.206. The van der Waals surface area contributed by atoms with E-state index < -0.39 is 29.5 Å². The lowest BCUT2D eigenvalue weighted by molar-refractivity contribution is -0.143. The van der Waals surface area contributed by atoms with E-state index in [2.05, 4.69) is 25.6 Å². The van der Waals surface area contributed by atoms with Gasteiger partial charge in [-0.25, -0.2) is 4.98 Å². The predicted molar refractivity (Wildman–Crippen MR) is 122 cm³/mol. The van der Waals surface area contributed by atoms with Crippen molar-refractivity contribution in [1.82, 2.24) is 29.7 Å². The van der Waals surface area contributed by atoms with Crippen molar-refractivity contribution < 1.29 is 23.9 Å². The minimum atomic E-state index is -0.655. The number of nitrogens with zero attached hydrogens (tertiary/aromatic N) is 4. The minimum Gasteiger partial charge on any atom is -0.463 e. The molecule has 1 fully saturated rings. The summed E-state index contributed by atoms with van der Waals surface area (Å²) in [7, 11) is 1.72. The van der Waals surface area contributed by atoms with Crippen molar-refractivity contribution in [3.05, 3.63) is 16.7 Å². The molecule has 3 N–H and O–H groups in total. The van der Waals surface area contributed by atoms with Crippen LogP contribution in [0.15, 0.2) is 11.1 Å². The highest BCUT2D eigenvalue weighted by Gasteiger charge is 2.37. The van der Waals surface area contributed by atoms with E-state index >= 15 is 0 Å². The lowest BCUT2D eigenvalue weighted by Crippen LogP contribution is -2.52. The van der Waals surface area contributed by atoms with Crippen molar-refractivity contribution in [1.29, 1.82) is 0 Å². The summed E-state index contributed by atoms with van der Waals surface area (Å²) in [6.07, 6.45) is 2.62. The first-order valence-electron chi connectivity index (χ1n) is 11.2. The highest BCUT2D eigenvalue weighted by molar-refractivity contribution is 5.97. The molecule has 34 heavy (non-hydrogen) atoms. The lowest BCUT2D eigenvalue weighted by Gasteiger charge is -2.29. The number of hydrogen-bond donors (Lipinski definition) is 3. The van der Waals surface area contributed by atoms with Crippen molar-refractivity contribution in [2.24, 2.45) is 5.92 Å². The number of carbonyl (C=O) groups is 3. The topological polar surface area (TPSA) is 161 Å². The van der Waals surface area contributed by atoms with Crippen LogP contribution >= 0.6 is 0 Å². The van der Waals surface area contributed by atoms with Gasteiger partial charge in [-0.3, -0.25) is 34.0 Å². The van der Waals surface area contributed by atoms with Crippen molar-refractivity contribution in [3.8, 4) is 0 Å². The Bertz CT molecular complexity index is 1090. The number of hydrogen-bond acceptors (Lipinski definition) is 9. The molecule has 1 saturated heterocycles. The first kappa shape index (κ1) is 25.3. The number of aromatic nitrogens is 4. The Balaban J connectivity index is 1.71. The summed E-state index contributed by atoms with van der Waals surface area (Å²) in [6.45, 7) is 5.95. The third-order valence-corrected chi connectivity index (χ3v) is 5.56. The van der Waals surface area contributed by atoms with E-state index in [1.54, 1.807) is 11.9 Å². The number of likely N-dealkylation sites (N-methyl/N-ethyl adjacent to an activating group) is 1. The summed E-state index contributed by atoms with van der Waals surface area (Å²) in [4.78, 5) is 61.7. The zero-order valence-electron chi connectivity index (χ0n) is 19.8. The summed E-state index contributed by atoms with van der Waals surface area (Å²) in [5.74, 6) is -0.929. The molecule has 0 spiro atoms. The van der Waals surface area contributed by atoms with Gasteiger partial charge in [-0.2, -0.15) is 4.98 Å². The Morgan fingerprint density at radius 3 is 2.74 bits per heavy atom. The number of rotatable bonds is 10. The molecule has 186 valence electrons.